The molecule has 1 fully saturated rings. The van der Waals surface area contributed by atoms with E-state index in [9.17, 15) is 5.11 Å². The van der Waals surface area contributed by atoms with Crippen molar-refractivity contribution in [2.24, 2.45) is 7.05 Å². The largest absolute Gasteiger partial charge is 0.389 e. The molecule has 1 saturated carbocycles. The van der Waals surface area contributed by atoms with Crippen molar-refractivity contribution in [1.82, 2.24) is 9.47 Å². The lowest BCUT2D eigenvalue weighted by Gasteiger charge is -2.54. The van der Waals surface area contributed by atoms with E-state index in [0.717, 1.165) is 38.6 Å². The Labute approximate surface area is 132 Å². The number of nitrogens with zero attached hydrogens (tertiary/aromatic N) is 2. The molecule has 0 saturated heterocycles. The fraction of sp³-hybridized carbons (Fsp3) is 0.579. The molecule has 1 aromatic carbocycles. The molecule has 2 aliphatic carbocycles. The normalized spacial score (nSPS) is 26.4. The highest BCUT2D eigenvalue weighted by atomic mass is 16.3. The lowest BCUT2D eigenvalue weighted by molar-refractivity contribution is -0.0562. The smallest absolute Gasteiger partial charge is 0.0759 e. The van der Waals surface area contributed by atoms with Crippen LogP contribution in [0.5, 0.6) is 0 Å². The van der Waals surface area contributed by atoms with E-state index >= 15 is 0 Å². The van der Waals surface area contributed by atoms with Crippen LogP contribution in [-0.2, 0) is 18.9 Å². The molecular weight excluding hydrogens is 272 g/mol. The molecule has 2 aromatic rings. The Morgan fingerprint density at radius 2 is 1.95 bits per heavy atom. The first kappa shape index (κ1) is 14.3. The SMILES string of the molecule is CN(C)CC1(C2(O)CCCC2)Cc2cc3ccn(C)c3cc21. The Bertz CT molecular complexity index is 724. The molecular formula is C19H26N2O. The summed E-state index contributed by atoms with van der Waals surface area (Å²) in [6, 6.07) is 6.86. The predicted octanol–water partition coefficient (Wildman–Crippen LogP) is 2.84. The van der Waals surface area contributed by atoms with E-state index in [4.69, 9.17) is 0 Å². The first-order valence-electron chi connectivity index (χ1n) is 8.41. The van der Waals surface area contributed by atoms with Gasteiger partial charge in [0, 0.05) is 30.7 Å². The van der Waals surface area contributed by atoms with Gasteiger partial charge in [0.05, 0.1) is 5.60 Å². The fourth-order valence-electron chi connectivity index (χ4n) is 4.95. The van der Waals surface area contributed by atoms with Crippen molar-refractivity contribution in [1.29, 1.82) is 0 Å². The third kappa shape index (κ3) is 1.76. The van der Waals surface area contributed by atoms with Crippen molar-refractivity contribution >= 4 is 10.9 Å². The summed E-state index contributed by atoms with van der Waals surface area (Å²) in [5.74, 6) is 0. The molecule has 0 spiro atoms. The quantitative estimate of drug-likeness (QED) is 0.944. The zero-order valence-corrected chi connectivity index (χ0v) is 13.9. The average Bonchev–Trinajstić information content (AvgIpc) is 3.03. The number of hydrogen-bond donors (Lipinski definition) is 1. The van der Waals surface area contributed by atoms with Crippen LogP contribution in [0.4, 0.5) is 0 Å². The second kappa shape index (κ2) is 4.59. The molecule has 2 aliphatic rings. The van der Waals surface area contributed by atoms with E-state index in [0.29, 0.717) is 0 Å². The van der Waals surface area contributed by atoms with Crippen LogP contribution in [0.2, 0.25) is 0 Å². The summed E-state index contributed by atoms with van der Waals surface area (Å²) in [6.07, 6.45) is 7.36. The van der Waals surface area contributed by atoms with Crippen LogP contribution < -0.4 is 0 Å². The maximum Gasteiger partial charge on any atom is 0.0759 e. The highest BCUT2D eigenvalue weighted by Crippen LogP contribution is 2.55. The van der Waals surface area contributed by atoms with Gasteiger partial charge >= 0.3 is 0 Å². The van der Waals surface area contributed by atoms with Crippen molar-refractivity contribution in [3.8, 4) is 0 Å². The van der Waals surface area contributed by atoms with Gasteiger partial charge in [-0.15, -0.1) is 0 Å². The van der Waals surface area contributed by atoms with Gasteiger partial charge in [0.15, 0.2) is 0 Å². The molecule has 0 radical (unpaired) electrons. The lowest BCUT2D eigenvalue weighted by Crippen LogP contribution is -2.61. The highest BCUT2D eigenvalue weighted by molar-refractivity contribution is 5.83. The summed E-state index contributed by atoms with van der Waals surface area (Å²) >= 11 is 0. The Morgan fingerprint density at radius 1 is 1.23 bits per heavy atom. The highest BCUT2D eigenvalue weighted by Gasteiger charge is 2.58. The second-order valence-corrected chi connectivity index (χ2v) is 7.73. The molecule has 1 atom stereocenters. The zero-order chi connectivity index (χ0) is 15.5. The average molecular weight is 298 g/mol. The molecule has 1 heterocycles. The van der Waals surface area contributed by atoms with Gasteiger partial charge in [-0.3, -0.25) is 0 Å². The van der Waals surface area contributed by atoms with Gasteiger partial charge in [-0.05, 0) is 68.1 Å². The first-order chi connectivity index (χ1) is 10.5. The molecule has 3 nitrogen and oxygen atoms in total. The van der Waals surface area contributed by atoms with E-state index < -0.39 is 5.60 Å². The third-order valence-corrected chi connectivity index (χ3v) is 6.03. The Morgan fingerprint density at radius 3 is 2.64 bits per heavy atom. The summed E-state index contributed by atoms with van der Waals surface area (Å²) in [5, 5.41) is 12.7. The summed E-state index contributed by atoms with van der Waals surface area (Å²) < 4.78 is 2.19. The van der Waals surface area contributed by atoms with Gasteiger partial charge in [0.1, 0.15) is 0 Å². The van der Waals surface area contributed by atoms with Gasteiger partial charge in [-0.2, -0.15) is 0 Å². The van der Waals surface area contributed by atoms with E-state index in [1.165, 1.54) is 22.0 Å². The van der Waals surface area contributed by atoms with Crippen LogP contribution in [0.15, 0.2) is 24.4 Å². The van der Waals surface area contributed by atoms with Crippen molar-refractivity contribution < 1.29 is 5.11 Å². The van der Waals surface area contributed by atoms with Crippen molar-refractivity contribution in [3.63, 3.8) is 0 Å². The Kier molecular flexibility index (Phi) is 2.98. The first-order valence-corrected chi connectivity index (χ1v) is 8.41. The number of likely N-dealkylation sites (N-methyl/N-ethyl adjacent to an activating group) is 1. The number of hydrogen-bond acceptors (Lipinski definition) is 2. The minimum absolute atomic E-state index is 0.0825. The van der Waals surface area contributed by atoms with Gasteiger partial charge in [0.2, 0.25) is 0 Å². The predicted molar refractivity (Wildman–Crippen MR) is 90.3 cm³/mol. The molecule has 0 aliphatic heterocycles. The Balaban J connectivity index is 1.87. The van der Waals surface area contributed by atoms with Gasteiger partial charge in [-0.25, -0.2) is 0 Å². The van der Waals surface area contributed by atoms with Crippen molar-refractivity contribution in [3.05, 3.63) is 35.5 Å². The summed E-state index contributed by atoms with van der Waals surface area (Å²) in [7, 11) is 6.35. The minimum atomic E-state index is -0.525. The van der Waals surface area contributed by atoms with E-state index in [1.807, 2.05) is 0 Å². The minimum Gasteiger partial charge on any atom is -0.389 e. The fourth-order valence-corrected chi connectivity index (χ4v) is 4.95. The summed E-state index contributed by atoms with van der Waals surface area (Å²) in [5.41, 5.74) is 3.49. The summed E-state index contributed by atoms with van der Waals surface area (Å²) in [6.45, 7) is 0.937. The molecule has 0 amide bonds. The number of aliphatic hydroxyl groups is 1. The lowest BCUT2D eigenvalue weighted by atomic mass is 9.54. The second-order valence-electron chi connectivity index (χ2n) is 7.73. The zero-order valence-electron chi connectivity index (χ0n) is 13.9. The van der Waals surface area contributed by atoms with Crippen LogP contribution >= 0.6 is 0 Å². The molecule has 118 valence electrons. The third-order valence-electron chi connectivity index (χ3n) is 6.03. The van der Waals surface area contributed by atoms with E-state index in [1.54, 1.807) is 0 Å². The molecule has 22 heavy (non-hydrogen) atoms. The summed E-state index contributed by atoms with van der Waals surface area (Å²) in [4.78, 5) is 2.24. The van der Waals surface area contributed by atoms with Crippen molar-refractivity contribution in [2.45, 2.75) is 43.1 Å². The monoisotopic (exact) mass is 298 g/mol. The van der Waals surface area contributed by atoms with Crippen LogP contribution in [-0.4, -0.2) is 40.8 Å². The van der Waals surface area contributed by atoms with Crippen LogP contribution in [0.1, 0.15) is 36.8 Å². The molecule has 1 aromatic heterocycles. The molecule has 0 bridgehead atoms. The number of fused-ring (bicyclic) bond motifs is 2. The Hall–Kier alpha value is -1.32. The standard InChI is InChI=1S/C19H26N2O/c1-20(2)13-18(19(22)7-4-5-8-19)12-15-10-14-6-9-21(3)17(14)11-16(15)18/h6,9-11,22H,4-5,7-8,12-13H2,1-3H3. The van der Waals surface area contributed by atoms with Crippen LogP contribution in [0.3, 0.4) is 0 Å². The van der Waals surface area contributed by atoms with Gasteiger partial charge in [0.25, 0.3) is 0 Å². The maximum atomic E-state index is 11.4. The number of rotatable bonds is 3. The number of benzene rings is 1. The molecule has 1 N–H and O–H groups in total. The van der Waals surface area contributed by atoms with Crippen LogP contribution in [0.25, 0.3) is 10.9 Å². The molecule has 1 unspecified atom stereocenters. The van der Waals surface area contributed by atoms with Crippen molar-refractivity contribution in [2.75, 3.05) is 20.6 Å². The van der Waals surface area contributed by atoms with E-state index in [2.05, 4.69) is 55.0 Å². The molecule has 3 heteroatoms. The topological polar surface area (TPSA) is 28.4 Å². The van der Waals surface area contributed by atoms with Crippen LogP contribution in [0, 0.1) is 0 Å². The number of aryl methyl sites for hydroxylation is 1. The number of aromatic nitrogens is 1. The van der Waals surface area contributed by atoms with E-state index in [-0.39, 0.29) is 5.41 Å². The maximum absolute atomic E-state index is 11.4. The van der Waals surface area contributed by atoms with Gasteiger partial charge < -0.3 is 14.6 Å². The molecule has 4 rings (SSSR count). The van der Waals surface area contributed by atoms with Gasteiger partial charge in [-0.1, -0.05) is 12.8 Å².